The predicted molar refractivity (Wildman–Crippen MR) is 53.5 cm³/mol. The first-order valence-corrected chi connectivity index (χ1v) is 6.46. The molecule has 0 aromatic rings. The summed E-state index contributed by atoms with van der Waals surface area (Å²) in [6, 6.07) is 0. The third-order valence-corrected chi connectivity index (χ3v) is 4.45. The lowest BCUT2D eigenvalue weighted by Gasteiger charge is -2.18. The molecule has 1 rings (SSSR count). The van der Waals surface area contributed by atoms with Gasteiger partial charge < -0.3 is 9.26 Å². The van der Waals surface area contributed by atoms with Crippen LogP contribution in [0.1, 0.15) is 13.8 Å². The first-order valence-electron chi connectivity index (χ1n) is 4.47. The fraction of sp³-hybridized carbons (Fsp3) is 0.778. The Morgan fingerprint density at radius 3 is 2.85 bits per heavy atom. The van der Waals surface area contributed by atoms with Crippen molar-refractivity contribution in [3.05, 3.63) is 11.6 Å². The van der Waals surface area contributed by atoms with Crippen LogP contribution in [-0.4, -0.2) is 32.1 Å². The summed E-state index contributed by atoms with van der Waals surface area (Å²) in [6.45, 7) is 4.38. The number of allylic oxidation sites excluding steroid dienone is 2. The van der Waals surface area contributed by atoms with Crippen LogP contribution in [-0.2, 0) is 13.8 Å². The second-order valence-electron chi connectivity index (χ2n) is 3.58. The van der Waals surface area contributed by atoms with Gasteiger partial charge in [-0.3, -0.25) is 4.57 Å². The van der Waals surface area contributed by atoms with Crippen LogP contribution in [0.3, 0.4) is 0 Å². The lowest BCUT2D eigenvalue weighted by atomic mass is 10.3. The Bertz CT molecular complexity index is 247. The van der Waals surface area contributed by atoms with Crippen molar-refractivity contribution in [3.8, 4) is 0 Å². The lowest BCUT2D eigenvalue weighted by Crippen LogP contribution is -2.14. The molecule has 0 spiro atoms. The molecule has 2 unspecified atom stereocenters. The van der Waals surface area contributed by atoms with E-state index in [4.69, 9.17) is 9.26 Å². The molecular weight excluding hydrogens is 187 g/mol. The van der Waals surface area contributed by atoms with Gasteiger partial charge in [-0.1, -0.05) is 11.6 Å². The molecule has 0 aliphatic carbocycles. The minimum Gasteiger partial charge on any atom is -0.382 e. The van der Waals surface area contributed by atoms with Gasteiger partial charge in [-0.25, -0.2) is 0 Å². The minimum atomic E-state index is -2.38. The molecule has 1 heterocycles. The van der Waals surface area contributed by atoms with Crippen molar-refractivity contribution >= 4 is 7.37 Å². The molecule has 1 aliphatic rings. The Morgan fingerprint density at radius 2 is 2.38 bits per heavy atom. The third-order valence-electron chi connectivity index (χ3n) is 1.98. The van der Waals surface area contributed by atoms with Gasteiger partial charge in [0, 0.05) is 19.4 Å². The molecule has 4 heteroatoms. The lowest BCUT2D eigenvalue weighted by molar-refractivity contribution is 0.0946. The Labute approximate surface area is 79.6 Å². The zero-order chi connectivity index (χ0) is 9.90. The number of hydrogen-bond acceptors (Lipinski definition) is 3. The predicted octanol–water partition coefficient (Wildman–Crippen LogP) is 2.28. The number of ether oxygens (including phenoxy) is 1. The molecule has 0 saturated carbocycles. The van der Waals surface area contributed by atoms with Crippen molar-refractivity contribution in [2.45, 2.75) is 20.0 Å². The van der Waals surface area contributed by atoms with Crippen LogP contribution in [0.4, 0.5) is 0 Å². The van der Waals surface area contributed by atoms with Crippen LogP contribution in [0.5, 0.6) is 0 Å². The minimum absolute atomic E-state index is 0.0740. The summed E-state index contributed by atoms with van der Waals surface area (Å²) < 4.78 is 22.4. The normalized spacial score (nSPS) is 30.2. The highest BCUT2D eigenvalue weighted by molar-refractivity contribution is 7.59. The molecule has 2 atom stereocenters. The number of methoxy groups -OCH3 is 1. The van der Waals surface area contributed by atoms with E-state index in [1.54, 1.807) is 7.11 Å². The van der Waals surface area contributed by atoms with E-state index in [1.165, 1.54) is 5.57 Å². The highest BCUT2D eigenvalue weighted by atomic mass is 31.2. The summed E-state index contributed by atoms with van der Waals surface area (Å²) in [6.07, 6.45) is 3.13. The molecule has 0 fully saturated rings. The Morgan fingerprint density at radius 1 is 1.69 bits per heavy atom. The van der Waals surface area contributed by atoms with Gasteiger partial charge in [-0.2, -0.15) is 0 Å². The molecule has 0 radical (unpaired) electrons. The van der Waals surface area contributed by atoms with E-state index in [0.29, 0.717) is 18.9 Å². The van der Waals surface area contributed by atoms with Crippen molar-refractivity contribution in [2.75, 3.05) is 26.0 Å². The van der Waals surface area contributed by atoms with E-state index >= 15 is 0 Å². The van der Waals surface area contributed by atoms with Crippen molar-refractivity contribution in [2.24, 2.45) is 0 Å². The third kappa shape index (κ3) is 3.26. The molecule has 0 aromatic carbocycles. The van der Waals surface area contributed by atoms with Crippen LogP contribution < -0.4 is 0 Å². The molecule has 0 aromatic heterocycles. The van der Waals surface area contributed by atoms with Gasteiger partial charge in [0.25, 0.3) is 0 Å². The largest absolute Gasteiger partial charge is 0.382 e. The van der Waals surface area contributed by atoms with E-state index in [2.05, 4.69) is 0 Å². The van der Waals surface area contributed by atoms with Gasteiger partial charge in [0.15, 0.2) is 0 Å². The monoisotopic (exact) mass is 204 g/mol. The molecule has 0 amide bonds. The molecule has 3 nitrogen and oxygen atoms in total. The van der Waals surface area contributed by atoms with E-state index in [9.17, 15) is 4.57 Å². The Kier molecular flexibility index (Phi) is 3.72. The van der Waals surface area contributed by atoms with E-state index in [0.717, 1.165) is 0 Å². The molecule has 13 heavy (non-hydrogen) atoms. The van der Waals surface area contributed by atoms with Gasteiger partial charge >= 0.3 is 0 Å². The van der Waals surface area contributed by atoms with Gasteiger partial charge in [-0.05, 0) is 13.8 Å². The second kappa shape index (κ2) is 4.41. The zero-order valence-electron chi connectivity index (χ0n) is 8.45. The maximum Gasteiger partial charge on any atom is 0.211 e. The summed E-state index contributed by atoms with van der Waals surface area (Å²) in [4.78, 5) is 0. The molecular formula is C9H17O3P. The van der Waals surface area contributed by atoms with Crippen LogP contribution in [0.2, 0.25) is 0 Å². The maximum absolute atomic E-state index is 12.0. The molecule has 1 aliphatic heterocycles. The maximum atomic E-state index is 12.0. The summed E-state index contributed by atoms with van der Waals surface area (Å²) in [7, 11) is -0.766. The Balaban J connectivity index is 2.41. The standard InChI is InChI=1S/C9H17O3P/c1-8-4-5-13(10,7-8)12-9(2)6-11-3/h4,9H,5-7H2,1-3H3. The molecule has 0 bridgehead atoms. The van der Waals surface area contributed by atoms with Crippen molar-refractivity contribution in [1.82, 2.24) is 0 Å². The van der Waals surface area contributed by atoms with Gasteiger partial charge in [-0.15, -0.1) is 0 Å². The smallest absolute Gasteiger partial charge is 0.211 e. The van der Waals surface area contributed by atoms with Gasteiger partial charge in [0.2, 0.25) is 7.37 Å². The zero-order valence-corrected chi connectivity index (χ0v) is 9.34. The second-order valence-corrected chi connectivity index (χ2v) is 6.10. The van der Waals surface area contributed by atoms with E-state index < -0.39 is 7.37 Å². The number of rotatable bonds is 4. The SMILES string of the molecule is COCC(C)OP1(=O)CC=C(C)C1. The van der Waals surface area contributed by atoms with Crippen molar-refractivity contribution < 1.29 is 13.8 Å². The van der Waals surface area contributed by atoms with Crippen LogP contribution in [0.15, 0.2) is 11.6 Å². The summed E-state index contributed by atoms with van der Waals surface area (Å²) in [5.41, 5.74) is 1.17. The fourth-order valence-corrected chi connectivity index (χ4v) is 3.96. The quantitative estimate of drug-likeness (QED) is 0.520. The van der Waals surface area contributed by atoms with Crippen LogP contribution in [0.25, 0.3) is 0 Å². The molecule has 0 N–H and O–H groups in total. The van der Waals surface area contributed by atoms with Gasteiger partial charge in [0.1, 0.15) is 0 Å². The number of hydrogen-bond donors (Lipinski definition) is 0. The summed E-state index contributed by atoms with van der Waals surface area (Å²) in [5, 5.41) is 0. The first-order chi connectivity index (χ1) is 6.06. The van der Waals surface area contributed by atoms with Crippen LogP contribution >= 0.6 is 7.37 Å². The van der Waals surface area contributed by atoms with Crippen molar-refractivity contribution in [3.63, 3.8) is 0 Å². The van der Waals surface area contributed by atoms with Gasteiger partial charge in [0.05, 0.1) is 12.7 Å². The topological polar surface area (TPSA) is 35.5 Å². The average Bonchev–Trinajstić information content (AvgIpc) is 2.30. The van der Waals surface area contributed by atoms with E-state index in [1.807, 2.05) is 19.9 Å². The average molecular weight is 204 g/mol. The highest BCUT2D eigenvalue weighted by Gasteiger charge is 2.29. The fourth-order valence-electron chi connectivity index (χ4n) is 1.48. The van der Waals surface area contributed by atoms with Crippen molar-refractivity contribution in [1.29, 1.82) is 0 Å². The molecule has 76 valence electrons. The highest BCUT2D eigenvalue weighted by Crippen LogP contribution is 2.53. The first kappa shape index (κ1) is 11.0. The van der Waals surface area contributed by atoms with E-state index in [-0.39, 0.29) is 6.10 Å². The summed E-state index contributed by atoms with van der Waals surface area (Å²) >= 11 is 0. The van der Waals surface area contributed by atoms with Crippen LogP contribution in [0, 0.1) is 0 Å². The summed E-state index contributed by atoms with van der Waals surface area (Å²) in [5.74, 6) is 0. The Hall–Kier alpha value is -0.110. The molecule has 0 saturated heterocycles.